The van der Waals surface area contributed by atoms with Crippen molar-refractivity contribution >= 4 is 29.2 Å². The topological polar surface area (TPSA) is 79.1 Å². The highest BCUT2D eigenvalue weighted by atomic mass is 32.1. The number of hydrogen-bond acceptors (Lipinski definition) is 5. The molecule has 0 atom stereocenters. The van der Waals surface area contributed by atoms with E-state index in [1.807, 2.05) is 42.5 Å². The molecule has 0 spiro atoms. The minimum absolute atomic E-state index is 0.153. The molecule has 4 aromatic rings. The van der Waals surface area contributed by atoms with E-state index in [0.717, 1.165) is 16.3 Å². The van der Waals surface area contributed by atoms with Crippen LogP contribution in [0.15, 0.2) is 66.0 Å². The lowest BCUT2D eigenvalue weighted by atomic mass is 10.0. The molecule has 0 amide bonds. The molecule has 0 unspecified atom stereocenters. The molecule has 0 aliphatic rings. The summed E-state index contributed by atoms with van der Waals surface area (Å²) in [6.07, 6.45) is 4.96. The van der Waals surface area contributed by atoms with Gasteiger partial charge in [-0.25, -0.2) is 5.10 Å². The highest BCUT2D eigenvalue weighted by Gasteiger charge is 2.09. The Labute approximate surface area is 148 Å². The molecule has 2 aromatic carbocycles. The van der Waals surface area contributed by atoms with E-state index in [9.17, 15) is 5.11 Å². The summed E-state index contributed by atoms with van der Waals surface area (Å²) in [5.41, 5.74) is 1.41. The van der Waals surface area contributed by atoms with Crippen LogP contribution >= 0.6 is 12.2 Å². The average molecular weight is 347 g/mol. The first-order valence-corrected chi connectivity index (χ1v) is 7.98. The molecule has 0 radical (unpaired) electrons. The molecule has 122 valence electrons. The predicted molar refractivity (Wildman–Crippen MR) is 99.2 cm³/mol. The molecule has 0 saturated heterocycles. The van der Waals surface area contributed by atoms with Crippen LogP contribution in [0.3, 0.4) is 0 Å². The van der Waals surface area contributed by atoms with Gasteiger partial charge in [0.15, 0.2) is 5.82 Å². The Kier molecular flexibility index (Phi) is 3.83. The van der Waals surface area contributed by atoms with Crippen molar-refractivity contribution < 1.29 is 5.11 Å². The maximum absolute atomic E-state index is 10.2. The molecular formula is C18H13N5OS. The first-order chi connectivity index (χ1) is 12.2. The first-order valence-electron chi connectivity index (χ1n) is 7.57. The molecule has 0 aliphatic carbocycles. The number of nitrogens with zero attached hydrogens (tertiary/aromatic N) is 4. The summed E-state index contributed by atoms with van der Waals surface area (Å²) in [6, 6.07) is 15.0. The van der Waals surface area contributed by atoms with E-state index in [2.05, 4.69) is 20.3 Å². The van der Waals surface area contributed by atoms with Crippen molar-refractivity contribution in [1.29, 1.82) is 0 Å². The molecule has 2 N–H and O–H groups in total. The van der Waals surface area contributed by atoms with Gasteiger partial charge in [-0.1, -0.05) is 30.3 Å². The van der Waals surface area contributed by atoms with E-state index in [4.69, 9.17) is 12.2 Å². The number of rotatable bonds is 3. The van der Waals surface area contributed by atoms with Crippen LogP contribution in [0.1, 0.15) is 5.56 Å². The Morgan fingerprint density at radius 1 is 1.12 bits per heavy atom. The van der Waals surface area contributed by atoms with Gasteiger partial charge in [0.2, 0.25) is 4.77 Å². The second-order valence-corrected chi connectivity index (χ2v) is 5.76. The largest absolute Gasteiger partial charge is 0.507 e. The standard InChI is InChI=1S/C18H13N5OS/c24-16-8-7-12-4-1-2-6-14(12)15(16)11-20-23-17(21-22-18(23)25)13-5-3-9-19-10-13/h1-11,24H,(H,22,25)/b20-11-. The van der Waals surface area contributed by atoms with Crippen molar-refractivity contribution in [2.45, 2.75) is 0 Å². The zero-order valence-corrected chi connectivity index (χ0v) is 13.8. The third-order valence-corrected chi connectivity index (χ3v) is 4.08. The Hall–Kier alpha value is -3.32. The number of hydrogen-bond donors (Lipinski definition) is 2. The summed E-state index contributed by atoms with van der Waals surface area (Å²) in [5.74, 6) is 0.703. The van der Waals surface area contributed by atoms with Gasteiger partial charge < -0.3 is 5.11 Å². The summed E-state index contributed by atoms with van der Waals surface area (Å²) in [6.45, 7) is 0. The van der Waals surface area contributed by atoms with Gasteiger partial charge in [-0.15, -0.1) is 0 Å². The van der Waals surface area contributed by atoms with E-state index < -0.39 is 0 Å². The fourth-order valence-electron chi connectivity index (χ4n) is 2.62. The highest BCUT2D eigenvalue weighted by molar-refractivity contribution is 7.71. The van der Waals surface area contributed by atoms with Crippen LogP contribution in [0.4, 0.5) is 0 Å². The first kappa shape index (κ1) is 15.2. The number of aromatic amines is 1. The number of fused-ring (bicyclic) bond motifs is 1. The SMILES string of the molecule is Oc1ccc2ccccc2c1/C=N\n1c(-c2cccnc2)n[nH]c1=S. The maximum atomic E-state index is 10.2. The normalized spacial score (nSPS) is 11.4. The monoisotopic (exact) mass is 347 g/mol. The van der Waals surface area contributed by atoms with Gasteiger partial charge in [-0.2, -0.15) is 14.9 Å². The predicted octanol–water partition coefficient (Wildman–Crippen LogP) is 3.74. The van der Waals surface area contributed by atoms with Gasteiger partial charge in [0, 0.05) is 23.5 Å². The average Bonchev–Trinajstić information content (AvgIpc) is 3.02. The summed E-state index contributed by atoms with van der Waals surface area (Å²) in [4.78, 5) is 4.09. The van der Waals surface area contributed by atoms with Crippen LogP contribution < -0.4 is 0 Å². The Bertz CT molecular complexity index is 1130. The lowest BCUT2D eigenvalue weighted by Gasteiger charge is -2.05. The number of pyridine rings is 1. The van der Waals surface area contributed by atoms with E-state index in [-0.39, 0.29) is 5.75 Å². The van der Waals surface area contributed by atoms with Gasteiger partial charge in [-0.05, 0) is 41.2 Å². The van der Waals surface area contributed by atoms with Crippen molar-refractivity contribution in [1.82, 2.24) is 19.9 Å². The minimum atomic E-state index is 0.153. The zero-order valence-electron chi connectivity index (χ0n) is 13.0. The molecule has 25 heavy (non-hydrogen) atoms. The van der Waals surface area contributed by atoms with Crippen LogP contribution in [-0.2, 0) is 0 Å². The fraction of sp³-hybridized carbons (Fsp3) is 0. The summed E-state index contributed by atoms with van der Waals surface area (Å²) in [7, 11) is 0. The second-order valence-electron chi connectivity index (χ2n) is 5.37. The number of benzene rings is 2. The molecule has 4 rings (SSSR count). The quantitative estimate of drug-likeness (QED) is 0.437. The minimum Gasteiger partial charge on any atom is -0.507 e. The van der Waals surface area contributed by atoms with Crippen molar-refractivity contribution in [3.05, 3.63) is 71.3 Å². The molecule has 0 fully saturated rings. The van der Waals surface area contributed by atoms with Crippen molar-refractivity contribution in [3.63, 3.8) is 0 Å². The van der Waals surface area contributed by atoms with E-state index in [1.54, 1.807) is 24.7 Å². The smallest absolute Gasteiger partial charge is 0.216 e. The number of aromatic hydroxyl groups is 1. The lowest BCUT2D eigenvalue weighted by molar-refractivity contribution is 0.475. The molecule has 0 aliphatic heterocycles. The lowest BCUT2D eigenvalue weighted by Crippen LogP contribution is -1.96. The van der Waals surface area contributed by atoms with Gasteiger partial charge >= 0.3 is 0 Å². The van der Waals surface area contributed by atoms with Crippen LogP contribution in [0, 0.1) is 4.77 Å². The Morgan fingerprint density at radius 3 is 2.84 bits per heavy atom. The third kappa shape index (κ3) is 2.81. The fourth-order valence-corrected chi connectivity index (χ4v) is 2.80. The van der Waals surface area contributed by atoms with Gasteiger partial charge in [0.25, 0.3) is 0 Å². The van der Waals surface area contributed by atoms with Crippen molar-refractivity contribution in [2.75, 3.05) is 0 Å². The molecule has 0 bridgehead atoms. The number of phenolic OH excluding ortho intramolecular Hbond substituents is 1. The summed E-state index contributed by atoms with van der Waals surface area (Å²) < 4.78 is 1.86. The maximum Gasteiger partial charge on any atom is 0.216 e. The highest BCUT2D eigenvalue weighted by Crippen LogP contribution is 2.25. The van der Waals surface area contributed by atoms with Crippen LogP contribution in [-0.4, -0.2) is 31.2 Å². The summed E-state index contributed by atoms with van der Waals surface area (Å²) in [5, 5.41) is 23.5. The molecule has 7 heteroatoms. The molecule has 2 aromatic heterocycles. The van der Waals surface area contributed by atoms with E-state index in [0.29, 0.717) is 16.2 Å². The number of aromatic nitrogens is 4. The Balaban J connectivity index is 1.84. The molecular weight excluding hydrogens is 334 g/mol. The van der Waals surface area contributed by atoms with Gasteiger partial charge in [0.05, 0.1) is 6.21 Å². The van der Waals surface area contributed by atoms with E-state index in [1.165, 1.54) is 4.68 Å². The Morgan fingerprint density at radius 2 is 2.00 bits per heavy atom. The van der Waals surface area contributed by atoms with Crippen LogP contribution in [0.5, 0.6) is 5.75 Å². The van der Waals surface area contributed by atoms with Crippen LogP contribution in [0.2, 0.25) is 0 Å². The second kappa shape index (κ2) is 6.29. The summed E-state index contributed by atoms with van der Waals surface area (Å²) >= 11 is 5.27. The van der Waals surface area contributed by atoms with Crippen LogP contribution in [0.25, 0.3) is 22.2 Å². The third-order valence-electron chi connectivity index (χ3n) is 3.82. The van der Waals surface area contributed by atoms with Gasteiger partial charge in [-0.3, -0.25) is 4.98 Å². The molecule has 0 saturated carbocycles. The number of nitrogens with one attached hydrogen (secondary N) is 1. The van der Waals surface area contributed by atoms with E-state index >= 15 is 0 Å². The van der Waals surface area contributed by atoms with Crippen molar-refractivity contribution in [2.24, 2.45) is 5.10 Å². The number of H-pyrrole nitrogens is 1. The molecule has 6 nitrogen and oxygen atoms in total. The van der Waals surface area contributed by atoms with Crippen molar-refractivity contribution in [3.8, 4) is 17.1 Å². The zero-order chi connectivity index (χ0) is 17.2. The van der Waals surface area contributed by atoms with Gasteiger partial charge in [0.1, 0.15) is 5.75 Å². The molecule has 2 heterocycles. The number of phenols is 1.